The lowest BCUT2D eigenvalue weighted by Crippen LogP contribution is -2.30. The summed E-state index contributed by atoms with van der Waals surface area (Å²) in [5.41, 5.74) is 1.47. The summed E-state index contributed by atoms with van der Waals surface area (Å²) < 4.78 is 0.725. The van der Waals surface area contributed by atoms with Crippen molar-refractivity contribution in [1.29, 1.82) is 0 Å². The van der Waals surface area contributed by atoms with Crippen molar-refractivity contribution in [3.8, 4) is 0 Å². The number of hydrogen-bond donors (Lipinski definition) is 0. The number of halogens is 1. The molecule has 0 radical (unpaired) electrons. The van der Waals surface area contributed by atoms with Crippen LogP contribution in [0.3, 0.4) is 0 Å². The third kappa shape index (κ3) is 3.68. The molecule has 0 aromatic carbocycles. The Morgan fingerprint density at radius 3 is 2.80 bits per heavy atom. The van der Waals surface area contributed by atoms with Gasteiger partial charge in [0.25, 0.3) is 5.91 Å². The van der Waals surface area contributed by atoms with Crippen molar-refractivity contribution < 1.29 is 4.79 Å². The van der Waals surface area contributed by atoms with E-state index >= 15 is 0 Å². The number of aryl methyl sites for hydroxylation is 1. The van der Waals surface area contributed by atoms with Crippen LogP contribution in [0.2, 0.25) is 4.34 Å². The Balaban J connectivity index is 2.17. The topological polar surface area (TPSA) is 33.2 Å². The normalized spacial score (nSPS) is 10.3. The van der Waals surface area contributed by atoms with Gasteiger partial charge in [0.05, 0.1) is 16.4 Å². The lowest BCUT2D eigenvalue weighted by atomic mass is 10.2. The molecule has 2 heterocycles. The molecule has 5 heteroatoms. The minimum atomic E-state index is -0.0538. The fourth-order valence-corrected chi connectivity index (χ4v) is 2.88. The van der Waals surface area contributed by atoms with E-state index < -0.39 is 0 Å². The molecule has 3 nitrogen and oxygen atoms in total. The molecule has 0 spiro atoms. The first-order valence-electron chi connectivity index (χ1n) is 6.17. The van der Waals surface area contributed by atoms with Crippen molar-refractivity contribution >= 4 is 28.8 Å². The summed E-state index contributed by atoms with van der Waals surface area (Å²) in [4.78, 5) is 19.4. The molecule has 1 amide bonds. The molecule has 0 saturated carbocycles. The highest BCUT2D eigenvalue weighted by atomic mass is 35.5. The van der Waals surface area contributed by atoms with Gasteiger partial charge in [0.15, 0.2) is 0 Å². The van der Waals surface area contributed by atoms with E-state index in [2.05, 4.69) is 11.6 Å². The summed E-state index contributed by atoms with van der Waals surface area (Å²) in [6.45, 7) is 6.61. The SMILES string of the molecule is C=CCN(Cc1ccc(Cl)s1)C(=O)c1ccc(C)nc1. The number of carbonyl (C=O) groups is 1. The number of rotatable bonds is 5. The minimum Gasteiger partial charge on any atom is -0.330 e. The molecule has 0 unspecified atom stereocenters. The number of hydrogen-bond acceptors (Lipinski definition) is 3. The molecule has 0 fully saturated rings. The van der Waals surface area contributed by atoms with E-state index in [9.17, 15) is 4.79 Å². The lowest BCUT2D eigenvalue weighted by Gasteiger charge is -2.20. The zero-order valence-corrected chi connectivity index (χ0v) is 12.7. The Morgan fingerprint density at radius 2 is 2.25 bits per heavy atom. The van der Waals surface area contributed by atoms with E-state index in [1.165, 1.54) is 11.3 Å². The van der Waals surface area contributed by atoms with E-state index in [1.54, 1.807) is 23.2 Å². The van der Waals surface area contributed by atoms with Crippen molar-refractivity contribution in [2.45, 2.75) is 13.5 Å². The van der Waals surface area contributed by atoms with Crippen LogP contribution in [0, 0.1) is 6.92 Å². The molecule has 0 aliphatic rings. The van der Waals surface area contributed by atoms with Crippen molar-refractivity contribution in [2.75, 3.05) is 6.54 Å². The van der Waals surface area contributed by atoms with Gasteiger partial charge in [-0.1, -0.05) is 17.7 Å². The van der Waals surface area contributed by atoms with Crippen LogP contribution in [0.25, 0.3) is 0 Å². The summed E-state index contributed by atoms with van der Waals surface area (Å²) in [6, 6.07) is 7.40. The van der Waals surface area contributed by atoms with Crippen LogP contribution < -0.4 is 0 Å². The Morgan fingerprint density at radius 1 is 1.45 bits per heavy atom. The summed E-state index contributed by atoms with van der Waals surface area (Å²) in [5.74, 6) is -0.0538. The summed E-state index contributed by atoms with van der Waals surface area (Å²) >= 11 is 7.40. The van der Waals surface area contributed by atoms with Gasteiger partial charge in [-0.3, -0.25) is 9.78 Å². The highest BCUT2D eigenvalue weighted by Gasteiger charge is 2.16. The van der Waals surface area contributed by atoms with Gasteiger partial charge >= 0.3 is 0 Å². The van der Waals surface area contributed by atoms with Crippen LogP contribution >= 0.6 is 22.9 Å². The van der Waals surface area contributed by atoms with E-state index in [4.69, 9.17) is 11.6 Å². The quantitative estimate of drug-likeness (QED) is 0.784. The van der Waals surface area contributed by atoms with Crippen LogP contribution in [-0.4, -0.2) is 22.3 Å². The van der Waals surface area contributed by atoms with Crippen LogP contribution in [-0.2, 0) is 6.54 Å². The van der Waals surface area contributed by atoms with Gasteiger partial charge in [0.1, 0.15) is 0 Å². The predicted octanol–water partition coefficient (Wildman–Crippen LogP) is 3.93. The van der Waals surface area contributed by atoms with Gasteiger partial charge in [-0.2, -0.15) is 0 Å². The fourth-order valence-electron chi connectivity index (χ4n) is 1.78. The van der Waals surface area contributed by atoms with Gasteiger partial charge in [0, 0.05) is 23.3 Å². The Kier molecular flexibility index (Phi) is 4.93. The number of carbonyl (C=O) groups excluding carboxylic acids is 1. The van der Waals surface area contributed by atoms with Crippen molar-refractivity contribution in [2.24, 2.45) is 0 Å². The first-order chi connectivity index (χ1) is 9.60. The average molecular weight is 307 g/mol. The second-order valence-corrected chi connectivity index (χ2v) is 6.17. The van der Waals surface area contributed by atoms with Crippen molar-refractivity contribution in [1.82, 2.24) is 9.88 Å². The summed E-state index contributed by atoms with van der Waals surface area (Å²) in [7, 11) is 0. The highest BCUT2D eigenvalue weighted by Crippen LogP contribution is 2.23. The molecule has 0 N–H and O–H groups in total. The predicted molar refractivity (Wildman–Crippen MR) is 83.2 cm³/mol. The summed E-state index contributed by atoms with van der Waals surface area (Å²) in [6.07, 6.45) is 3.32. The van der Waals surface area contributed by atoms with E-state index in [0.29, 0.717) is 18.7 Å². The highest BCUT2D eigenvalue weighted by molar-refractivity contribution is 7.16. The van der Waals surface area contributed by atoms with Crippen LogP contribution in [0.15, 0.2) is 43.1 Å². The van der Waals surface area contributed by atoms with Crippen LogP contribution in [0.1, 0.15) is 20.9 Å². The Hall–Kier alpha value is -1.65. The maximum Gasteiger partial charge on any atom is 0.256 e. The Bertz CT molecular complexity index is 607. The number of pyridine rings is 1. The van der Waals surface area contributed by atoms with Gasteiger partial charge in [-0.05, 0) is 31.2 Å². The number of amides is 1. The van der Waals surface area contributed by atoms with Crippen LogP contribution in [0.4, 0.5) is 0 Å². The lowest BCUT2D eigenvalue weighted by molar-refractivity contribution is 0.0764. The van der Waals surface area contributed by atoms with E-state index in [0.717, 1.165) is 14.9 Å². The first kappa shape index (κ1) is 14.8. The minimum absolute atomic E-state index is 0.0538. The average Bonchev–Trinajstić information content (AvgIpc) is 2.84. The first-order valence-corrected chi connectivity index (χ1v) is 7.36. The zero-order chi connectivity index (χ0) is 14.5. The van der Waals surface area contributed by atoms with Crippen molar-refractivity contribution in [3.63, 3.8) is 0 Å². The van der Waals surface area contributed by atoms with Crippen LogP contribution in [0.5, 0.6) is 0 Å². The molecule has 2 aromatic heterocycles. The van der Waals surface area contributed by atoms with Crippen molar-refractivity contribution in [3.05, 3.63) is 63.6 Å². The molecule has 0 bridgehead atoms. The maximum atomic E-state index is 12.5. The molecule has 20 heavy (non-hydrogen) atoms. The molecular formula is C15H15ClN2OS. The second kappa shape index (κ2) is 6.68. The molecule has 0 atom stereocenters. The number of aromatic nitrogens is 1. The fraction of sp³-hybridized carbons (Fsp3) is 0.200. The largest absolute Gasteiger partial charge is 0.330 e. The second-order valence-electron chi connectivity index (χ2n) is 4.37. The maximum absolute atomic E-state index is 12.5. The molecule has 0 aliphatic carbocycles. The van der Waals surface area contributed by atoms with E-state index in [-0.39, 0.29) is 5.91 Å². The molecular weight excluding hydrogens is 292 g/mol. The molecule has 0 aliphatic heterocycles. The molecule has 2 aromatic rings. The van der Waals surface area contributed by atoms with Gasteiger partial charge in [-0.15, -0.1) is 17.9 Å². The standard InChI is InChI=1S/C15H15ClN2OS/c1-3-8-18(10-13-6-7-14(16)20-13)15(19)12-5-4-11(2)17-9-12/h3-7,9H,1,8,10H2,2H3. The molecule has 0 saturated heterocycles. The van der Waals surface area contributed by atoms with E-state index in [1.807, 2.05) is 25.1 Å². The van der Waals surface area contributed by atoms with Gasteiger partial charge < -0.3 is 4.90 Å². The third-order valence-electron chi connectivity index (χ3n) is 2.77. The molecule has 2 rings (SSSR count). The summed E-state index contributed by atoms with van der Waals surface area (Å²) in [5, 5.41) is 0. The molecule has 104 valence electrons. The zero-order valence-electron chi connectivity index (χ0n) is 11.2. The Labute approximate surface area is 127 Å². The number of thiophene rings is 1. The third-order valence-corrected chi connectivity index (χ3v) is 3.99. The smallest absolute Gasteiger partial charge is 0.256 e. The number of nitrogens with zero attached hydrogens (tertiary/aromatic N) is 2. The van der Waals surface area contributed by atoms with Gasteiger partial charge in [0.2, 0.25) is 0 Å². The van der Waals surface area contributed by atoms with Gasteiger partial charge in [-0.25, -0.2) is 0 Å². The monoisotopic (exact) mass is 306 g/mol.